The summed E-state index contributed by atoms with van der Waals surface area (Å²) < 4.78 is 0. The first-order chi connectivity index (χ1) is 8.81. The first kappa shape index (κ1) is 11.9. The second-order valence-electron chi connectivity index (χ2n) is 4.52. The van der Waals surface area contributed by atoms with Crippen molar-refractivity contribution in [1.82, 2.24) is 9.97 Å². The van der Waals surface area contributed by atoms with Crippen LogP contribution in [-0.2, 0) is 6.42 Å². The Morgan fingerprint density at radius 2 is 2.28 bits per heavy atom. The molecule has 0 aliphatic heterocycles. The molecule has 0 radical (unpaired) electrons. The maximum Gasteiger partial charge on any atom is 0.135 e. The Morgan fingerprint density at radius 3 is 3.00 bits per heavy atom. The molecule has 1 saturated carbocycles. The summed E-state index contributed by atoms with van der Waals surface area (Å²) in [6.07, 6.45) is 3.38. The van der Waals surface area contributed by atoms with E-state index in [1.54, 1.807) is 17.4 Å². The first-order valence-corrected chi connectivity index (χ1v) is 7.43. The number of nitrogens with zero attached hydrogens (tertiary/aromatic N) is 2. The van der Waals surface area contributed by atoms with Crippen molar-refractivity contribution >= 4 is 28.8 Å². The van der Waals surface area contributed by atoms with E-state index in [1.165, 1.54) is 18.4 Å². The lowest BCUT2D eigenvalue weighted by Gasteiger charge is -2.07. The van der Waals surface area contributed by atoms with Gasteiger partial charge in [-0.2, -0.15) is 11.3 Å². The number of halogens is 1. The monoisotopic (exact) mass is 279 g/mol. The van der Waals surface area contributed by atoms with Gasteiger partial charge in [0.05, 0.1) is 0 Å². The van der Waals surface area contributed by atoms with E-state index in [1.807, 2.05) is 0 Å². The van der Waals surface area contributed by atoms with Gasteiger partial charge in [0.15, 0.2) is 0 Å². The van der Waals surface area contributed by atoms with Crippen molar-refractivity contribution in [2.45, 2.75) is 25.2 Å². The third-order valence-corrected chi connectivity index (χ3v) is 3.88. The van der Waals surface area contributed by atoms with Crippen LogP contribution < -0.4 is 5.32 Å². The molecule has 3 nitrogen and oxygen atoms in total. The van der Waals surface area contributed by atoms with E-state index < -0.39 is 0 Å². The van der Waals surface area contributed by atoms with E-state index in [4.69, 9.17) is 11.6 Å². The van der Waals surface area contributed by atoms with Gasteiger partial charge < -0.3 is 5.32 Å². The Bertz CT molecular complexity index is 523. The number of rotatable bonds is 5. The topological polar surface area (TPSA) is 37.8 Å². The van der Waals surface area contributed by atoms with Crippen LogP contribution in [0.4, 0.5) is 5.82 Å². The van der Waals surface area contributed by atoms with Crippen molar-refractivity contribution in [1.29, 1.82) is 0 Å². The van der Waals surface area contributed by atoms with Crippen molar-refractivity contribution < 1.29 is 0 Å². The fourth-order valence-corrected chi connectivity index (χ4v) is 2.71. The molecule has 0 unspecified atom stereocenters. The second-order valence-corrected chi connectivity index (χ2v) is 5.68. The second kappa shape index (κ2) is 5.24. The largest absolute Gasteiger partial charge is 0.370 e. The predicted molar refractivity (Wildman–Crippen MR) is 75.5 cm³/mol. The summed E-state index contributed by atoms with van der Waals surface area (Å²) in [5.41, 5.74) is 1.36. The lowest BCUT2D eigenvalue weighted by Crippen LogP contribution is -2.07. The average Bonchev–Trinajstić information content (AvgIpc) is 3.08. The van der Waals surface area contributed by atoms with Crippen LogP contribution in [0.15, 0.2) is 22.9 Å². The number of aromatic nitrogens is 2. The Hall–Kier alpha value is -1.13. The van der Waals surface area contributed by atoms with Crippen LogP contribution in [0.2, 0.25) is 5.15 Å². The standard InChI is InChI=1S/C13H14ClN3S/c14-11-7-12(17-13(16-11)10-1-2-10)15-5-3-9-4-6-18-8-9/h4,6-8,10H,1-3,5H2,(H,15,16,17). The van der Waals surface area contributed by atoms with Gasteiger partial charge >= 0.3 is 0 Å². The normalized spacial score (nSPS) is 14.7. The highest BCUT2D eigenvalue weighted by Gasteiger charge is 2.27. The molecule has 0 amide bonds. The fraction of sp³-hybridized carbons (Fsp3) is 0.385. The third-order valence-electron chi connectivity index (χ3n) is 2.95. The van der Waals surface area contributed by atoms with Gasteiger partial charge in [0.1, 0.15) is 16.8 Å². The fourth-order valence-electron chi connectivity index (χ4n) is 1.82. The number of hydrogen-bond acceptors (Lipinski definition) is 4. The van der Waals surface area contributed by atoms with Gasteiger partial charge in [0.2, 0.25) is 0 Å². The molecule has 0 aromatic carbocycles. The minimum Gasteiger partial charge on any atom is -0.370 e. The Kier molecular flexibility index (Phi) is 3.48. The maximum atomic E-state index is 6.01. The van der Waals surface area contributed by atoms with Gasteiger partial charge in [0.25, 0.3) is 0 Å². The SMILES string of the molecule is Clc1cc(NCCc2ccsc2)nc(C2CC2)n1. The van der Waals surface area contributed by atoms with Crippen LogP contribution in [0.25, 0.3) is 0 Å². The molecule has 5 heteroatoms. The highest BCUT2D eigenvalue weighted by molar-refractivity contribution is 7.07. The van der Waals surface area contributed by atoms with Gasteiger partial charge in [0, 0.05) is 18.5 Å². The molecular formula is C13H14ClN3S. The number of hydrogen-bond donors (Lipinski definition) is 1. The van der Waals surface area contributed by atoms with E-state index in [9.17, 15) is 0 Å². The molecule has 0 saturated heterocycles. The van der Waals surface area contributed by atoms with Gasteiger partial charge in [-0.1, -0.05) is 11.6 Å². The van der Waals surface area contributed by atoms with Gasteiger partial charge in [-0.25, -0.2) is 9.97 Å². The van der Waals surface area contributed by atoms with Crippen LogP contribution in [0, 0.1) is 0 Å². The Labute approximate surface area is 115 Å². The minimum absolute atomic E-state index is 0.529. The van der Waals surface area contributed by atoms with Crippen molar-refractivity contribution in [3.05, 3.63) is 39.4 Å². The molecule has 0 bridgehead atoms. The van der Waals surface area contributed by atoms with E-state index in [0.29, 0.717) is 11.1 Å². The summed E-state index contributed by atoms with van der Waals surface area (Å²) in [4.78, 5) is 8.78. The molecule has 0 atom stereocenters. The van der Waals surface area contributed by atoms with Crippen LogP contribution in [0.1, 0.15) is 30.1 Å². The quantitative estimate of drug-likeness (QED) is 0.848. The summed E-state index contributed by atoms with van der Waals surface area (Å²) >= 11 is 7.74. The van der Waals surface area contributed by atoms with E-state index in [0.717, 1.165) is 24.6 Å². The summed E-state index contributed by atoms with van der Waals surface area (Å²) in [5.74, 6) is 2.26. The van der Waals surface area contributed by atoms with Crippen LogP contribution in [-0.4, -0.2) is 16.5 Å². The Morgan fingerprint density at radius 1 is 1.39 bits per heavy atom. The first-order valence-electron chi connectivity index (χ1n) is 6.11. The van der Waals surface area contributed by atoms with Crippen molar-refractivity contribution in [2.24, 2.45) is 0 Å². The number of anilines is 1. The molecule has 1 N–H and O–H groups in total. The highest BCUT2D eigenvalue weighted by Crippen LogP contribution is 2.38. The van der Waals surface area contributed by atoms with Gasteiger partial charge in [-0.05, 0) is 41.7 Å². The van der Waals surface area contributed by atoms with E-state index in [-0.39, 0.29) is 0 Å². The predicted octanol–water partition coefficient (Wildman–Crippen LogP) is 3.72. The molecule has 1 aliphatic rings. The summed E-state index contributed by atoms with van der Waals surface area (Å²) in [6, 6.07) is 3.94. The van der Waals surface area contributed by atoms with Gasteiger partial charge in [-0.3, -0.25) is 0 Å². The molecule has 1 aliphatic carbocycles. The summed E-state index contributed by atoms with van der Waals surface area (Å²) in [7, 11) is 0. The average molecular weight is 280 g/mol. The zero-order chi connectivity index (χ0) is 12.4. The zero-order valence-corrected chi connectivity index (χ0v) is 11.5. The lowest BCUT2D eigenvalue weighted by atomic mass is 10.2. The molecule has 2 aromatic rings. The van der Waals surface area contributed by atoms with Gasteiger partial charge in [-0.15, -0.1) is 0 Å². The zero-order valence-electron chi connectivity index (χ0n) is 9.90. The molecule has 3 rings (SSSR count). The molecular weight excluding hydrogens is 266 g/mol. The molecule has 18 heavy (non-hydrogen) atoms. The Balaban J connectivity index is 1.61. The number of thiophene rings is 1. The summed E-state index contributed by atoms with van der Waals surface area (Å²) in [5, 5.41) is 8.12. The van der Waals surface area contributed by atoms with E-state index >= 15 is 0 Å². The highest BCUT2D eigenvalue weighted by atomic mass is 35.5. The van der Waals surface area contributed by atoms with Crippen molar-refractivity contribution in [2.75, 3.05) is 11.9 Å². The van der Waals surface area contributed by atoms with Crippen LogP contribution in [0.5, 0.6) is 0 Å². The lowest BCUT2D eigenvalue weighted by molar-refractivity contribution is 0.916. The molecule has 2 aromatic heterocycles. The van der Waals surface area contributed by atoms with E-state index in [2.05, 4.69) is 32.1 Å². The maximum absolute atomic E-state index is 6.01. The summed E-state index contributed by atoms with van der Waals surface area (Å²) in [6.45, 7) is 0.869. The molecule has 0 spiro atoms. The molecule has 2 heterocycles. The van der Waals surface area contributed by atoms with Crippen LogP contribution >= 0.6 is 22.9 Å². The minimum atomic E-state index is 0.529. The third kappa shape index (κ3) is 3.00. The van der Waals surface area contributed by atoms with Crippen LogP contribution in [0.3, 0.4) is 0 Å². The van der Waals surface area contributed by atoms with Crippen molar-refractivity contribution in [3.8, 4) is 0 Å². The number of nitrogens with one attached hydrogen (secondary N) is 1. The molecule has 1 fully saturated rings. The molecule has 94 valence electrons. The smallest absolute Gasteiger partial charge is 0.135 e. The van der Waals surface area contributed by atoms with Crippen molar-refractivity contribution in [3.63, 3.8) is 0 Å².